The van der Waals surface area contributed by atoms with Crippen LogP contribution in [0.25, 0.3) is 0 Å². The molecule has 84 valence electrons. The lowest BCUT2D eigenvalue weighted by Gasteiger charge is -2.12. The predicted molar refractivity (Wildman–Crippen MR) is 70.1 cm³/mol. The van der Waals surface area contributed by atoms with Crippen LogP contribution in [-0.2, 0) is 0 Å². The molecular weight excluding hydrogens is 182 g/mol. The normalized spacial score (nSPS) is 9.20. The van der Waals surface area contributed by atoms with E-state index in [1.54, 1.807) is 0 Å². The molecule has 0 bridgehead atoms. The quantitative estimate of drug-likeness (QED) is 0.760. The van der Waals surface area contributed by atoms with E-state index in [0.29, 0.717) is 5.92 Å². The molecule has 1 aromatic rings. The second kappa shape index (κ2) is 7.10. The third kappa shape index (κ3) is 5.26. The summed E-state index contributed by atoms with van der Waals surface area (Å²) >= 11 is 0. The Labute approximate surface area is 94.2 Å². The van der Waals surface area contributed by atoms with E-state index in [1.807, 2.05) is 13.8 Å². The van der Waals surface area contributed by atoms with Gasteiger partial charge >= 0.3 is 0 Å². The molecule has 0 aliphatic heterocycles. The molecule has 0 aliphatic rings. The second-order valence-electron chi connectivity index (χ2n) is 3.67. The number of benzene rings is 1. The van der Waals surface area contributed by atoms with Crippen molar-refractivity contribution in [2.75, 3.05) is 5.32 Å². The summed E-state index contributed by atoms with van der Waals surface area (Å²) in [5, 5.41) is 3.27. The first-order valence-corrected chi connectivity index (χ1v) is 5.62. The van der Waals surface area contributed by atoms with Crippen molar-refractivity contribution >= 4 is 5.69 Å². The van der Waals surface area contributed by atoms with Crippen LogP contribution in [0.5, 0.6) is 0 Å². The van der Waals surface area contributed by atoms with Gasteiger partial charge in [-0.2, -0.15) is 0 Å². The van der Waals surface area contributed by atoms with Gasteiger partial charge in [0.15, 0.2) is 0 Å². The Kier molecular flexibility index (Phi) is 6.52. The molecule has 0 unspecified atom stereocenters. The number of allylic oxidation sites excluding steroid dienone is 1. The fourth-order valence-corrected chi connectivity index (χ4v) is 0.967. The summed E-state index contributed by atoms with van der Waals surface area (Å²) in [6.45, 7) is 14.3. The van der Waals surface area contributed by atoms with E-state index in [1.165, 1.54) is 5.56 Å². The molecule has 0 heterocycles. The molecule has 0 fully saturated rings. The minimum Gasteiger partial charge on any atom is -0.359 e. The standard InChI is InChI=1S/C12H17N.C2H6/c1-9(2)11(4)13-12-7-5-10(3)6-8-12;1-2/h5-9,13H,4H2,1-3H3;1-2H3. The highest BCUT2D eigenvalue weighted by molar-refractivity contribution is 5.48. The van der Waals surface area contributed by atoms with Crippen molar-refractivity contribution in [3.63, 3.8) is 0 Å². The van der Waals surface area contributed by atoms with Crippen LogP contribution in [0.1, 0.15) is 33.3 Å². The van der Waals surface area contributed by atoms with Crippen molar-refractivity contribution in [3.8, 4) is 0 Å². The SMILES string of the molecule is C=C(Nc1ccc(C)cc1)C(C)C.CC. The highest BCUT2D eigenvalue weighted by Crippen LogP contribution is 2.14. The lowest BCUT2D eigenvalue weighted by Crippen LogP contribution is -2.03. The van der Waals surface area contributed by atoms with Crippen LogP contribution in [0.2, 0.25) is 0 Å². The predicted octanol–water partition coefficient (Wildman–Crippen LogP) is 4.60. The minimum absolute atomic E-state index is 0.473. The molecule has 0 saturated heterocycles. The maximum atomic E-state index is 3.96. The zero-order valence-corrected chi connectivity index (χ0v) is 10.6. The molecule has 0 saturated carbocycles. The van der Waals surface area contributed by atoms with E-state index in [0.717, 1.165) is 11.4 Å². The minimum atomic E-state index is 0.473. The van der Waals surface area contributed by atoms with Gasteiger partial charge in [0.25, 0.3) is 0 Å². The molecular formula is C14H23N. The van der Waals surface area contributed by atoms with E-state index < -0.39 is 0 Å². The molecule has 1 rings (SSSR count). The average molecular weight is 205 g/mol. The summed E-state index contributed by atoms with van der Waals surface area (Å²) < 4.78 is 0. The van der Waals surface area contributed by atoms with Crippen molar-refractivity contribution in [1.82, 2.24) is 0 Å². The zero-order valence-electron chi connectivity index (χ0n) is 10.6. The second-order valence-corrected chi connectivity index (χ2v) is 3.67. The molecule has 15 heavy (non-hydrogen) atoms. The number of hydrogen-bond donors (Lipinski definition) is 1. The monoisotopic (exact) mass is 205 g/mol. The van der Waals surface area contributed by atoms with Gasteiger partial charge in [-0.05, 0) is 25.0 Å². The van der Waals surface area contributed by atoms with Crippen LogP contribution in [0.15, 0.2) is 36.5 Å². The first-order valence-electron chi connectivity index (χ1n) is 5.62. The highest BCUT2D eigenvalue weighted by Gasteiger charge is 1.99. The smallest absolute Gasteiger partial charge is 0.0381 e. The van der Waals surface area contributed by atoms with Crippen LogP contribution in [0.4, 0.5) is 5.69 Å². The largest absolute Gasteiger partial charge is 0.359 e. The summed E-state index contributed by atoms with van der Waals surface area (Å²) in [6, 6.07) is 8.33. The Balaban J connectivity index is 0.000000921. The highest BCUT2D eigenvalue weighted by atomic mass is 14.9. The molecule has 1 nitrogen and oxygen atoms in total. The van der Waals surface area contributed by atoms with Gasteiger partial charge in [0.1, 0.15) is 0 Å². The summed E-state index contributed by atoms with van der Waals surface area (Å²) in [6.07, 6.45) is 0. The van der Waals surface area contributed by atoms with Crippen molar-refractivity contribution in [1.29, 1.82) is 0 Å². The fourth-order valence-electron chi connectivity index (χ4n) is 0.967. The maximum absolute atomic E-state index is 3.96. The molecule has 0 amide bonds. The molecule has 0 spiro atoms. The van der Waals surface area contributed by atoms with E-state index in [4.69, 9.17) is 0 Å². The Morgan fingerprint density at radius 1 is 1.13 bits per heavy atom. The maximum Gasteiger partial charge on any atom is 0.0381 e. The van der Waals surface area contributed by atoms with Crippen LogP contribution in [-0.4, -0.2) is 0 Å². The number of rotatable bonds is 3. The fraction of sp³-hybridized carbons (Fsp3) is 0.429. The molecule has 0 aromatic heterocycles. The summed E-state index contributed by atoms with van der Waals surface area (Å²) in [5.41, 5.74) is 3.45. The van der Waals surface area contributed by atoms with Crippen molar-refractivity contribution in [2.45, 2.75) is 34.6 Å². The molecule has 1 heteroatoms. The van der Waals surface area contributed by atoms with Crippen molar-refractivity contribution in [2.24, 2.45) is 5.92 Å². The number of hydrogen-bond acceptors (Lipinski definition) is 1. The Morgan fingerprint density at radius 2 is 1.60 bits per heavy atom. The van der Waals surface area contributed by atoms with Gasteiger partial charge in [0.05, 0.1) is 0 Å². The van der Waals surface area contributed by atoms with Crippen LogP contribution < -0.4 is 5.32 Å². The topological polar surface area (TPSA) is 12.0 Å². The lowest BCUT2D eigenvalue weighted by atomic mass is 10.1. The van der Waals surface area contributed by atoms with Gasteiger partial charge in [0, 0.05) is 11.4 Å². The van der Waals surface area contributed by atoms with Gasteiger partial charge in [-0.1, -0.05) is 52.0 Å². The van der Waals surface area contributed by atoms with E-state index >= 15 is 0 Å². The summed E-state index contributed by atoms with van der Waals surface area (Å²) in [4.78, 5) is 0. The van der Waals surface area contributed by atoms with Gasteiger partial charge < -0.3 is 5.32 Å². The molecule has 0 aliphatic carbocycles. The zero-order chi connectivity index (χ0) is 11.8. The Bertz CT molecular complexity index is 283. The summed E-state index contributed by atoms with van der Waals surface area (Å²) in [5.74, 6) is 0.473. The van der Waals surface area contributed by atoms with Crippen LogP contribution in [0, 0.1) is 12.8 Å². The summed E-state index contributed by atoms with van der Waals surface area (Å²) in [7, 11) is 0. The van der Waals surface area contributed by atoms with Gasteiger partial charge in [-0.3, -0.25) is 0 Å². The molecule has 0 radical (unpaired) electrons. The van der Waals surface area contributed by atoms with Gasteiger partial charge in [-0.25, -0.2) is 0 Å². The van der Waals surface area contributed by atoms with E-state index in [2.05, 4.69) is 56.9 Å². The molecule has 1 N–H and O–H groups in total. The Morgan fingerprint density at radius 3 is 2.00 bits per heavy atom. The first-order chi connectivity index (χ1) is 7.09. The lowest BCUT2D eigenvalue weighted by molar-refractivity contribution is 0.778. The Hall–Kier alpha value is -1.24. The number of anilines is 1. The van der Waals surface area contributed by atoms with Crippen molar-refractivity contribution < 1.29 is 0 Å². The van der Waals surface area contributed by atoms with Crippen LogP contribution in [0.3, 0.4) is 0 Å². The van der Waals surface area contributed by atoms with Crippen molar-refractivity contribution in [3.05, 3.63) is 42.1 Å². The number of nitrogens with one attached hydrogen (secondary N) is 1. The van der Waals surface area contributed by atoms with Crippen LogP contribution >= 0.6 is 0 Å². The van der Waals surface area contributed by atoms with Gasteiger partial charge in [0.2, 0.25) is 0 Å². The first kappa shape index (κ1) is 13.8. The average Bonchev–Trinajstić information content (AvgIpc) is 2.24. The van der Waals surface area contributed by atoms with Gasteiger partial charge in [-0.15, -0.1) is 0 Å². The number of aryl methyl sites for hydroxylation is 1. The van der Waals surface area contributed by atoms with E-state index in [-0.39, 0.29) is 0 Å². The molecule has 0 atom stereocenters. The van der Waals surface area contributed by atoms with E-state index in [9.17, 15) is 0 Å². The third-order valence-corrected chi connectivity index (χ3v) is 2.05. The third-order valence-electron chi connectivity index (χ3n) is 2.05. The molecule has 1 aromatic carbocycles.